The number of rotatable bonds is 3. The van der Waals surface area contributed by atoms with Crippen LogP contribution >= 0.6 is 11.6 Å². The van der Waals surface area contributed by atoms with Crippen LogP contribution in [-0.2, 0) is 4.79 Å². The van der Waals surface area contributed by atoms with E-state index in [0.29, 0.717) is 5.02 Å². The maximum atomic E-state index is 12.8. The Morgan fingerprint density at radius 1 is 1.04 bits per heavy atom. The minimum Gasteiger partial charge on any atom is -0.312 e. The third-order valence-electron chi connectivity index (χ3n) is 4.49. The minimum atomic E-state index is -0.0872. The molecule has 1 amide bonds. The third-order valence-corrected chi connectivity index (χ3v) is 4.74. The largest absolute Gasteiger partial charge is 0.312 e. The van der Waals surface area contributed by atoms with Gasteiger partial charge in [0.2, 0.25) is 5.91 Å². The number of benzene rings is 2. The highest BCUT2D eigenvalue weighted by molar-refractivity contribution is 6.30. The number of hydrogen-bond acceptors (Lipinski definition) is 2. The van der Waals surface area contributed by atoms with E-state index in [1.54, 1.807) is 6.20 Å². The quantitative estimate of drug-likeness (QED) is 0.776. The molecule has 5 heteroatoms. The van der Waals surface area contributed by atoms with Crippen LogP contribution in [0.15, 0.2) is 60.9 Å². The maximum Gasteiger partial charge on any atom is 0.234 e. The number of nitrogens with zero attached hydrogens (tertiary/aromatic N) is 2. The van der Waals surface area contributed by atoms with E-state index in [-0.39, 0.29) is 11.8 Å². The Morgan fingerprint density at radius 3 is 2.46 bits per heavy atom. The minimum absolute atomic E-state index is 0.0872. The number of halogens is 1. The fourth-order valence-corrected chi connectivity index (χ4v) is 3.31. The van der Waals surface area contributed by atoms with Crippen molar-refractivity contribution < 1.29 is 4.79 Å². The van der Waals surface area contributed by atoms with E-state index in [4.69, 9.17) is 11.6 Å². The number of amides is 1. The Labute approximate surface area is 145 Å². The van der Waals surface area contributed by atoms with E-state index in [9.17, 15) is 4.79 Å². The van der Waals surface area contributed by atoms with Gasteiger partial charge in [-0.25, -0.2) is 0 Å². The second-order valence-electron chi connectivity index (χ2n) is 5.92. The molecule has 3 aromatic rings. The van der Waals surface area contributed by atoms with Crippen molar-refractivity contribution in [3.05, 3.63) is 71.5 Å². The first-order valence-corrected chi connectivity index (χ1v) is 8.26. The monoisotopic (exact) mass is 337 g/mol. The molecule has 0 spiro atoms. The molecular weight excluding hydrogens is 322 g/mol. The van der Waals surface area contributed by atoms with Crippen molar-refractivity contribution >= 4 is 23.2 Å². The first-order chi connectivity index (χ1) is 11.7. The summed E-state index contributed by atoms with van der Waals surface area (Å²) in [7, 11) is 0. The first-order valence-electron chi connectivity index (χ1n) is 7.88. The van der Waals surface area contributed by atoms with Gasteiger partial charge < -0.3 is 4.90 Å². The van der Waals surface area contributed by atoms with Gasteiger partial charge >= 0.3 is 0 Å². The highest BCUT2D eigenvalue weighted by atomic mass is 35.5. The molecule has 2 aromatic carbocycles. The second kappa shape index (κ2) is 6.13. The van der Waals surface area contributed by atoms with E-state index in [1.165, 1.54) is 0 Å². The number of anilines is 1. The number of aromatic nitrogens is 2. The summed E-state index contributed by atoms with van der Waals surface area (Å²) in [4.78, 5) is 14.6. The van der Waals surface area contributed by atoms with Crippen molar-refractivity contribution in [2.24, 2.45) is 0 Å². The fraction of sp³-hybridized carbons (Fsp3) is 0.158. The second-order valence-corrected chi connectivity index (χ2v) is 6.35. The third kappa shape index (κ3) is 2.69. The highest BCUT2D eigenvalue weighted by Crippen LogP contribution is 2.33. The lowest BCUT2D eigenvalue weighted by atomic mass is 9.98. The van der Waals surface area contributed by atoms with Crippen LogP contribution in [-0.4, -0.2) is 22.6 Å². The van der Waals surface area contributed by atoms with Crippen molar-refractivity contribution in [3.63, 3.8) is 0 Å². The molecule has 0 saturated carbocycles. The van der Waals surface area contributed by atoms with Crippen LogP contribution in [0.3, 0.4) is 0 Å². The van der Waals surface area contributed by atoms with Gasteiger partial charge in [0.15, 0.2) is 0 Å². The first kappa shape index (κ1) is 15.0. The maximum absolute atomic E-state index is 12.8. The van der Waals surface area contributed by atoms with E-state index in [2.05, 4.69) is 10.2 Å². The van der Waals surface area contributed by atoms with Crippen LogP contribution in [0, 0.1) is 0 Å². The molecule has 24 heavy (non-hydrogen) atoms. The van der Waals surface area contributed by atoms with Gasteiger partial charge in [0, 0.05) is 29.0 Å². The van der Waals surface area contributed by atoms with Gasteiger partial charge in [-0.3, -0.25) is 9.89 Å². The normalized spacial score (nSPS) is 17.5. The zero-order chi connectivity index (χ0) is 16.5. The Hall–Kier alpha value is -2.59. The number of carbonyl (C=O) groups excluding carboxylic acids is 1. The Kier molecular flexibility index (Phi) is 3.82. The summed E-state index contributed by atoms with van der Waals surface area (Å²) in [5.74, 6) is 0.0594. The summed E-state index contributed by atoms with van der Waals surface area (Å²) in [6, 6.07) is 15.6. The molecule has 1 aromatic heterocycles. The van der Waals surface area contributed by atoms with Crippen molar-refractivity contribution in [1.29, 1.82) is 0 Å². The van der Waals surface area contributed by atoms with Crippen LogP contribution in [0.5, 0.6) is 0 Å². The summed E-state index contributed by atoms with van der Waals surface area (Å²) in [6.45, 7) is 0.733. The summed E-state index contributed by atoms with van der Waals surface area (Å²) in [6.07, 6.45) is 4.46. The summed E-state index contributed by atoms with van der Waals surface area (Å²) >= 11 is 5.93. The van der Waals surface area contributed by atoms with Crippen LogP contribution < -0.4 is 4.90 Å². The molecule has 4 nitrogen and oxygen atoms in total. The van der Waals surface area contributed by atoms with Crippen molar-refractivity contribution in [2.45, 2.75) is 12.3 Å². The van der Waals surface area contributed by atoms with Gasteiger partial charge in [0.25, 0.3) is 0 Å². The van der Waals surface area contributed by atoms with E-state index in [1.807, 2.05) is 59.6 Å². The molecule has 0 aliphatic carbocycles. The van der Waals surface area contributed by atoms with Gasteiger partial charge in [-0.15, -0.1) is 0 Å². The zero-order valence-electron chi connectivity index (χ0n) is 12.9. The molecule has 120 valence electrons. The average molecular weight is 338 g/mol. The topological polar surface area (TPSA) is 49.0 Å². The number of aromatic amines is 1. The predicted octanol–water partition coefficient (Wildman–Crippen LogP) is 4.25. The lowest BCUT2D eigenvalue weighted by Gasteiger charge is -2.17. The van der Waals surface area contributed by atoms with Crippen molar-refractivity contribution in [3.8, 4) is 11.1 Å². The molecule has 1 fully saturated rings. The predicted molar refractivity (Wildman–Crippen MR) is 95.2 cm³/mol. The van der Waals surface area contributed by atoms with Gasteiger partial charge in [0.05, 0.1) is 12.1 Å². The zero-order valence-corrected chi connectivity index (χ0v) is 13.7. The highest BCUT2D eigenvalue weighted by Gasteiger charge is 2.33. The molecule has 1 atom stereocenters. The molecule has 0 bridgehead atoms. The Morgan fingerprint density at radius 2 is 1.79 bits per heavy atom. The SMILES string of the molecule is O=C1[C@@H](c2ccc(Cl)cc2)CCN1c1ccc(-c2cn[nH]c2)cc1. The molecule has 4 rings (SSSR count). The molecule has 2 heterocycles. The summed E-state index contributed by atoms with van der Waals surface area (Å²) < 4.78 is 0. The molecule has 0 radical (unpaired) electrons. The lowest BCUT2D eigenvalue weighted by Crippen LogP contribution is -2.26. The van der Waals surface area contributed by atoms with E-state index in [0.717, 1.165) is 35.3 Å². The molecule has 1 saturated heterocycles. The number of H-pyrrole nitrogens is 1. The molecule has 1 aliphatic rings. The molecular formula is C19H16ClN3O. The fourth-order valence-electron chi connectivity index (χ4n) is 3.18. The van der Waals surface area contributed by atoms with Gasteiger partial charge in [-0.2, -0.15) is 5.10 Å². The number of hydrogen-bond donors (Lipinski definition) is 1. The van der Waals surface area contributed by atoms with Crippen molar-refractivity contribution in [1.82, 2.24) is 10.2 Å². The number of carbonyl (C=O) groups is 1. The summed E-state index contributed by atoms with van der Waals surface area (Å²) in [5.41, 5.74) is 4.08. The van der Waals surface area contributed by atoms with Crippen LogP contribution in [0.1, 0.15) is 17.9 Å². The Balaban J connectivity index is 1.55. The van der Waals surface area contributed by atoms with E-state index >= 15 is 0 Å². The summed E-state index contributed by atoms with van der Waals surface area (Å²) in [5, 5.41) is 7.46. The average Bonchev–Trinajstić information content (AvgIpc) is 3.26. The number of nitrogens with one attached hydrogen (secondary N) is 1. The van der Waals surface area contributed by atoms with Crippen molar-refractivity contribution in [2.75, 3.05) is 11.4 Å². The molecule has 1 N–H and O–H groups in total. The Bertz CT molecular complexity index is 841. The molecule has 1 aliphatic heterocycles. The van der Waals surface area contributed by atoms with Gasteiger partial charge in [0.1, 0.15) is 0 Å². The smallest absolute Gasteiger partial charge is 0.234 e. The lowest BCUT2D eigenvalue weighted by molar-refractivity contribution is -0.118. The van der Waals surface area contributed by atoms with Crippen LogP contribution in [0.4, 0.5) is 5.69 Å². The standard InChI is InChI=1S/C19H16ClN3O/c20-16-5-1-14(2-6-16)18-9-10-23(19(18)24)17-7-3-13(4-8-17)15-11-21-22-12-15/h1-8,11-12,18H,9-10H2,(H,21,22)/t18-/m1/s1. The molecule has 0 unspecified atom stereocenters. The van der Waals surface area contributed by atoms with Gasteiger partial charge in [-0.1, -0.05) is 35.9 Å². The van der Waals surface area contributed by atoms with Gasteiger partial charge in [-0.05, 0) is 41.8 Å². The van der Waals surface area contributed by atoms with Crippen LogP contribution in [0.25, 0.3) is 11.1 Å². The van der Waals surface area contributed by atoms with Crippen LogP contribution in [0.2, 0.25) is 5.02 Å². The van der Waals surface area contributed by atoms with E-state index < -0.39 is 0 Å².